The summed E-state index contributed by atoms with van der Waals surface area (Å²) in [6.07, 6.45) is 0. The van der Waals surface area contributed by atoms with Gasteiger partial charge in [0.25, 0.3) is 0 Å². The van der Waals surface area contributed by atoms with Gasteiger partial charge in [-0.05, 0) is 43.3 Å². The van der Waals surface area contributed by atoms with Crippen LogP contribution < -0.4 is 10.6 Å². The van der Waals surface area contributed by atoms with Crippen molar-refractivity contribution in [2.24, 2.45) is 0 Å². The molecule has 1 aromatic heterocycles. The second-order valence-corrected chi connectivity index (χ2v) is 4.92. The summed E-state index contributed by atoms with van der Waals surface area (Å²) in [6.45, 7) is 1.74. The zero-order valence-electron chi connectivity index (χ0n) is 12.3. The van der Waals surface area contributed by atoms with Crippen LogP contribution in [-0.2, 0) is 0 Å². The fourth-order valence-corrected chi connectivity index (χ4v) is 2.08. The van der Waals surface area contributed by atoms with Gasteiger partial charge in [0, 0.05) is 11.8 Å². The number of anilines is 4. The van der Waals surface area contributed by atoms with Gasteiger partial charge in [-0.2, -0.15) is 0 Å². The standard InChI is InChI=1S/C17H14F2N4/c1-11-20-16(22-13-8-6-12(18)7-9-13)10-17(21-11)23-15-5-3-2-4-14(15)19/h2-10H,1H3,(H2,20,21,22,23). The minimum Gasteiger partial charge on any atom is -0.340 e. The van der Waals surface area contributed by atoms with Crippen LogP contribution in [-0.4, -0.2) is 9.97 Å². The van der Waals surface area contributed by atoms with Crippen LogP contribution >= 0.6 is 0 Å². The van der Waals surface area contributed by atoms with Crippen LogP contribution in [0.2, 0.25) is 0 Å². The Hall–Kier alpha value is -3.02. The molecule has 3 rings (SSSR count). The number of hydrogen-bond donors (Lipinski definition) is 2. The van der Waals surface area contributed by atoms with Crippen molar-refractivity contribution in [1.29, 1.82) is 0 Å². The molecule has 1 heterocycles. The van der Waals surface area contributed by atoms with E-state index in [2.05, 4.69) is 20.6 Å². The Bertz CT molecular complexity index is 819. The van der Waals surface area contributed by atoms with Gasteiger partial charge in [0.2, 0.25) is 0 Å². The molecule has 6 heteroatoms. The van der Waals surface area contributed by atoms with Crippen molar-refractivity contribution < 1.29 is 8.78 Å². The molecule has 4 nitrogen and oxygen atoms in total. The topological polar surface area (TPSA) is 49.8 Å². The van der Waals surface area contributed by atoms with E-state index in [0.717, 1.165) is 0 Å². The Balaban J connectivity index is 1.84. The van der Waals surface area contributed by atoms with Crippen molar-refractivity contribution in [1.82, 2.24) is 9.97 Å². The van der Waals surface area contributed by atoms with Gasteiger partial charge in [-0.15, -0.1) is 0 Å². The first kappa shape index (κ1) is 14.9. The van der Waals surface area contributed by atoms with Crippen LogP contribution in [0, 0.1) is 18.6 Å². The van der Waals surface area contributed by atoms with Gasteiger partial charge in [-0.3, -0.25) is 0 Å². The van der Waals surface area contributed by atoms with Gasteiger partial charge in [-0.25, -0.2) is 18.7 Å². The molecule has 0 aliphatic heterocycles. The molecule has 0 aliphatic rings. The van der Waals surface area contributed by atoms with E-state index in [1.807, 2.05) is 0 Å². The van der Waals surface area contributed by atoms with Crippen molar-refractivity contribution in [3.05, 3.63) is 72.1 Å². The average molecular weight is 312 g/mol. The summed E-state index contributed by atoms with van der Waals surface area (Å²) < 4.78 is 26.6. The third-order valence-corrected chi connectivity index (χ3v) is 3.09. The van der Waals surface area contributed by atoms with Crippen LogP contribution in [0.3, 0.4) is 0 Å². The largest absolute Gasteiger partial charge is 0.340 e. The normalized spacial score (nSPS) is 10.4. The van der Waals surface area contributed by atoms with Crippen molar-refractivity contribution in [3.8, 4) is 0 Å². The molecule has 0 aliphatic carbocycles. The van der Waals surface area contributed by atoms with Gasteiger partial charge >= 0.3 is 0 Å². The lowest BCUT2D eigenvalue weighted by Crippen LogP contribution is -2.02. The van der Waals surface area contributed by atoms with E-state index < -0.39 is 0 Å². The van der Waals surface area contributed by atoms with Crippen molar-refractivity contribution in [2.45, 2.75) is 6.92 Å². The summed E-state index contributed by atoms with van der Waals surface area (Å²) >= 11 is 0. The third kappa shape index (κ3) is 3.79. The molecule has 2 N–H and O–H groups in total. The average Bonchev–Trinajstić information content (AvgIpc) is 2.51. The molecule has 116 valence electrons. The SMILES string of the molecule is Cc1nc(Nc2ccc(F)cc2)cc(Nc2ccccc2F)n1. The second-order valence-electron chi connectivity index (χ2n) is 4.92. The molecule has 0 amide bonds. The highest BCUT2D eigenvalue weighted by atomic mass is 19.1. The number of nitrogens with zero attached hydrogens (tertiary/aromatic N) is 2. The zero-order chi connectivity index (χ0) is 16.2. The molecule has 0 saturated heterocycles. The van der Waals surface area contributed by atoms with Gasteiger partial charge in [0.05, 0.1) is 5.69 Å². The Morgan fingerprint density at radius 2 is 1.48 bits per heavy atom. The molecule has 0 radical (unpaired) electrons. The van der Waals surface area contributed by atoms with E-state index in [1.54, 1.807) is 43.3 Å². The van der Waals surface area contributed by atoms with E-state index in [-0.39, 0.29) is 11.6 Å². The maximum Gasteiger partial charge on any atom is 0.146 e. The number of halogens is 2. The first-order chi connectivity index (χ1) is 11.1. The highest BCUT2D eigenvalue weighted by Gasteiger charge is 2.06. The Morgan fingerprint density at radius 3 is 2.17 bits per heavy atom. The summed E-state index contributed by atoms with van der Waals surface area (Å²) in [4.78, 5) is 8.50. The Morgan fingerprint density at radius 1 is 0.826 bits per heavy atom. The number of nitrogens with one attached hydrogen (secondary N) is 2. The Labute approximate surface area is 132 Å². The monoisotopic (exact) mass is 312 g/mol. The predicted molar refractivity (Wildman–Crippen MR) is 86.1 cm³/mol. The highest BCUT2D eigenvalue weighted by Crippen LogP contribution is 2.22. The summed E-state index contributed by atoms with van der Waals surface area (Å²) in [6, 6.07) is 13.9. The van der Waals surface area contributed by atoms with Crippen LogP contribution in [0.4, 0.5) is 31.8 Å². The lowest BCUT2D eigenvalue weighted by molar-refractivity contribution is 0.628. The number of hydrogen-bond acceptors (Lipinski definition) is 4. The van der Waals surface area contributed by atoms with E-state index in [4.69, 9.17) is 0 Å². The second kappa shape index (κ2) is 6.39. The number of para-hydroxylation sites is 1. The van der Waals surface area contributed by atoms with E-state index >= 15 is 0 Å². The maximum atomic E-state index is 13.7. The number of aromatic nitrogens is 2. The lowest BCUT2D eigenvalue weighted by Gasteiger charge is -2.10. The van der Waals surface area contributed by atoms with Crippen LogP contribution in [0.5, 0.6) is 0 Å². The lowest BCUT2D eigenvalue weighted by atomic mass is 10.3. The summed E-state index contributed by atoms with van der Waals surface area (Å²) in [5, 5.41) is 5.98. The number of rotatable bonds is 4. The van der Waals surface area contributed by atoms with Gasteiger partial charge in [0.1, 0.15) is 29.1 Å². The van der Waals surface area contributed by atoms with Gasteiger partial charge in [-0.1, -0.05) is 12.1 Å². The quantitative estimate of drug-likeness (QED) is 0.742. The molecular weight excluding hydrogens is 298 g/mol. The molecule has 2 aromatic carbocycles. The maximum absolute atomic E-state index is 13.7. The molecule has 0 atom stereocenters. The van der Waals surface area contributed by atoms with Crippen LogP contribution in [0.25, 0.3) is 0 Å². The fourth-order valence-electron chi connectivity index (χ4n) is 2.08. The van der Waals surface area contributed by atoms with Gasteiger partial charge in [0.15, 0.2) is 0 Å². The van der Waals surface area contributed by atoms with Crippen LogP contribution in [0.1, 0.15) is 5.82 Å². The van der Waals surface area contributed by atoms with E-state index in [9.17, 15) is 8.78 Å². The fraction of sp³-hybridized carbons (Fsp3) is 0.0588. The molecule has 0 fully saturated rings. The summed E-state index contributed by atoms with van der Waals surface area (Å²) in [5.74, 6) is 0.847. The first-order valence-corrected chi connectivity index (χ1v) is 7.00. The minimum absolute atomic E-state index is 0.309. The smallest absolute Gasteiger partial charge is 0.146 e. The van der Waals surface area contributed by atoms with E-state index in [1.165, 1.54) is 18.2 Å². The predicted octanol–water partition coefficient (Wildman–Crippen LogP) is 4.55. The molecule has 0 saturated carbocycles. The molecule has 0 unspecified atom stereocenters. The molecule has 23 heavy (non-hydrogen) atoms. The first-order valence-electron chi connectivity index (χ1n) is 7.00. The third-order valence-electron chi connectivity index (χ3n) is 3.09. The van der Waals surface area contributed by atoms with Crippen LogP contribution in [0.15, 0.2) is 54.6 Å². The molecular formula is C17H14F2N4. The molecule has 0 spiro atoms. The number of aryl methyl sites for hydroxylation is 1. The van der Waals surface area contributed by atoms with Gasteiger partial charge < -0.3 is 10.6 Å². The number of benzene rings is 2. The molecule has 3 aromatic rings. The van der Waals surface area contributed by atoms with Crippen molar-refractivity contribution in [2.75, 3.05) is 10.6 Å². The van der Waals surface area contributed by atoms with Crippen molar-refractivity contribution in [3.63, 3.8) is 0 Å². The van der Waals surface area contributed by atoms with E-state index in [0.29, 0.717) is 28.8 Å². The van der Waals surface area contributed by atoms with Crippen molar-refractivity contribution >= 4 is 23.0 Å². The zero-order valence-corrected chi connectivity index (χ0v) is 12.3. The Kier molecular flexibility index (Phi) is 4.14. The summed E-state index contributed by atoms with van der Waals surface area (Å²) in [5.41, 5.74) is 1.03. The minimum atomic E-state index is -0.364. The highest BCUT2D eigenvalue weighted by molar-refractivity contribution is 5.63. The summed E-state index contributed by atoms with van der Waals surface area (Å²) in [7, 11) is 0. The molecule has 0 bridgehead atoms.